The Hall–Kier alpha value is -3.18. The third-order valence-corrected chi connectivity index (χ3v) is 7.32. The summed E-state index contributed by atoms with van der Waals surface area (Å²) in [4.78, 5) is 14.5. The molecule has 0 N–H and O–H groups in total. The molecule has 5 rings (SSSR count). The van der Waals surface area contributed by atoms with Gasteiger partial charge in [0, 0.05) is 54.7 Å². The molecule has 0 radical (unpaired) electrons. The summed E-state index contributed by atoms with van der Waals surface area (Å²) in [5, 5.41) is 1.14. The van der Waals surface area contributed by atoms with E-state index < -0.39 is 0 Å². The van der Waals surface area contributed by atoms with Gasteiger partial charge in [-0.3, -0.25) is 4.90 Å². The van der Waals surface area contributed by atoms with Gasteiger partial charge in [-0.1, -0.05) is 30.3 Å². The van der Waals surface area contributed by atoms with Crippen molar-refractivity contribution in [3.63, 3.8) is 0 Å². The maximum Gasteiger partial charge on any atom is 0.140 e. The molecule has 3 heterocycles. The largest absolute Gasteiger partial charge is 0.353 e. The van der Waals surface area contributed by atoms with Crippen LogP contribution in [0.25, 0.3) is 16.6 Å². The Morgan fingerprint density at radius 1 is 0.788 bits per heavy atom. The number of benzene rings is 2. The topological polar surface area (TPSA) is 37.2 Å². The second kappa shape index (κ2) is 8.31. The molecule has 0 amide bonds. The van der Waals surface area contributed by atoms with E-state index in [0.717, 1.165) is 48.7 Å². The van der Waals surface area contributed by atoms with Crippen molar-refractivity contribution in [2.75, 3.05) is 31.1 Å². The highest BCUT2D eigenvalue weighted by molar-refractivity contribution is 5.89. The molecular weight excluding hydrogens is 406 g/mol. The molecule has 0 unspecified atom stereocenters. The maximum atomic E-state index is 4.83. The van der Waals surface area contributed by atoms with Crippen molar-refractivity contribution in [2.45, 2.75) is 40.2 Å². The number of hydrogen-bond acceptors (Lipinski definition) is 4. The summed E-state index contributed by atoms with van der Waals surface area (Å²) >= 11 is 0. The van der Waals surface area contributed by atoms with Gasteiger partial charge in [0.05, 0.1) is 5.52 Å². The van der Waals surface area contributed by atoms with E-state index in [9.17, 15) is 0 Å². The highest BCUT2D eigenvalue weighted by Gasteiger charge is 2.34. The number of para-hydroxylation sites is 2. The molecule has 33 heavy (non-hydrogen) atoms. The maximum absolute atomic E-state index is 4.83. The molecule has 170 valence electrons. The highest BCUT2D eigenvalue weighted by atomic mass is 15.3. The number of rotatable bonds is 4. The summed E-state index contributed by atoms with van der Waals surface area (Å²) in [7, 11) is 0. The number of hydrogen-bond donors (Lipinski definition) is 0. The molecule has 4 aromatic rings. The zero-order valence-corrected chi connectivity index (χ0v) is 20.3. The van der Waals surface area contributed by atoms with E-state index in [1.807, 2.05) is 13.0 Å². The fourth-order valence-electron chi connectivity index (χ4n) is 5.23. The zero-order chi connectivity index (χ0) is 23.2. The SMILES string of the molecule is Cc1nc(N2CCN(C(C)(C)c3cn(-c4ccccc4)c(C)c3C)CC2)c2ccccc2n1. The van der Waals surface area contributed by atoms with E-state index in [1.165, 1.54) is 22.5 Å². The summed E-state index contributed by atoms with van der Waals surface area (Å²) in [6, 6.07) is 19.0. The minimum absolute atomic E-state index is 0.0510. The highest BCUT2D eigenvalue weighted by Crippen LogP contribution is 2.35. The first-order valence-corrected chi connectivity index (χ1v) is 11.8. The Balaban J connectivity index is 1.40. The van der Waals surface area contributed by atoms with Crippen LogP contribution in [0.4, 0.5) is 5.82 Å². The van der Waals surface area contributed by atoms with Crippen molar-refractivity contribution < 1.29 is 0 Å². The lowest BCUT2D eigenvalue weighted by molar-refractivity contribution is 0.110. The van der Waals surface area contributed by atoms with Crippen molar-refractivity contribution in [3.05, 3.63) is 83.4 Å². The van der Waals surface area contributed by atoms with E-state index in [1.54, 1.807) is 0 Å². The Morgan fingerprint density at radius 3 is 2.18 bits per heavy atom. The predicted octanol–water partition coefficient (Wildman–Crippen LogP) is 5.40. The van der Waals surface area contributed by atoms with E-state index in [4.69, 9.17) is 4.98 Å². The third-order valence-electron chi connectivity index (χ3n) is 7.32. The van der Waals surface area contributed by atoms with E-state index in [2.05, 4.69) is 102 Å². The van der Waals surface area contributed by atoms with Crippen molar-refractivity contribution >= 4 is 16.7 Å². The van der Waals surface area contributed by atoms with Gasteiger partial charge in [-0.2, -0.15) is 0 Å². The molecule has 2 aromatic heterocycles. The van der Waals surface area contributed by atoms with Crippen LogP contribution in [0, 0.1) is 20.8 Å². The van der Waals surface area contributed by atoms with Gasteiger partial charge >= 0.3 is 0 Å². The summed E-state index contributed by atoms with van der Waals surface area (Å²) < 4.78 is 2.33. The molecule has 0 saturated carbocycles. The van der Waals surface area contributed by atoms with Gasteiger partial charge in [0.2, 0.25) is 0 Å². The van der Waals surface area contributed by atoms with Gasteiger partial charge in [0.25, 0.3) is 0 Å². The van der Waals surface area contributed by atoms with Crippen LogP contribution in [0.3, 0.4) is 0 Å². The Morgan fingerprint density at radius 2 is 1.45 bits per heavy atom. The quantitative estimate of drug-likeness (QED) is 0.426. The minimum atomic E-state index is -0.0510. The molecule has 5 heteroatoms. The second-order valence-electron chi connectivity index (χ2n) is 9.60. The van der Waals surface area contributed by atoms with Gasteiger partial charge in [-0.05, 0) is 70.0 Å². The van der Waals surface area contributed by atoms with Gasteiger partial charge in [-0.15, -0.1) is 0 Å². The smallest absolute Gasteiger partial charge is 0.140 e. The van der Waals surface area contributed by atoms with E-state index >= 15 is 0 Å². The lowest BCUT2D eigenvalue weighted by Gasteiger charge is -2.44. The molecule has 0 atom stereocenters. The summed E-state index contributed by atoms with van der Waals surface area (Å²) in [5.74, 6) is 1.90. The zero-order valence-electron chi connectivity index (χ0n) is 20.3. The molecule has 2 aromatic carbocycles. The average molecular weight is 440 g/mol. The first kappa shape index (κ1) is 21.7. The molecule has 0 spiro atoms. The molecule has 0 aliphatic carbocycles. The second-order valence-corrected chi connectivity index (χ2v) is 9.60. The normalized spacial score (nSPS) is 15.4. The van der Waals surface area contributed by atoms with Crippen LogP contribution >= 0.6 is 0 Å². The number of fused-ring (bicyclic) bond motifs is 1. The molecule has 1 fully saturated rings. The molecular formula is C28H33N5. The van der Waals surface area contributed by atoms with Crippen molar-refractivity contribution in [1.29, 1.82) is 0 Å². The van der Waals surface area contributed by atoms with Crippen molar-refractivity contribution in [3.8, 4) is 5.69 Å². The van der Waals surface area contributed by atoms with Crippen LogP contribution in [-0.4, -0.2) is 45.6 Å². The monoisotopic (exact) mass is 439 g/mol. The van der Waals surface area contributed by atoms with Gasteiger partial charge in [-0.25, -0.2) is 9.97 Å². The lowest BCUT2D eigenvalue weighted by Crippen LogP contribution is -2.53. The summed E-state index contributed by atoms with van der Waals surface area (Å²) in [5.41, 5.74) is 6.28. The number of nitrogens with zero attached hydrogens (tertiary/aromatic N) is 5. The molecule has 5 nitrogen and oxygen atoms in total. The van der Waals surface area contributed by atoms with Crippen LogP contribution < -0.4 is 4.90 Å². The van der Waals surface area contributed by atoms with Crippen LogP contribution in [0.2, 0.25) is 0 Å². The van der Waals surface area contributed by atoms with Crippen LogP contribution in [-0.2, 0) is 5.54 Å². The minimum Gasteiger partial charge on any atom is -0.353 e. The van der Waals surface area contributed by atoms with Gasteiger partial charge in [0.15, 0.2) is 0 Å². The fraction of sp³-hybridized carbons (Fsp3) is 0.357. The van der Waals surface area contributed by atoms with Crippen LogP contribution in [0.15, 0.2) is 60.8 Å². The number of piperazine rings is 1. The standard InChI is InChI=1S/C28H33N5/c1-20-21(2)33(23-11-7-6-8-12-23)19-25(20)28(4,5)32-17-15-31(16-18-32)27-24-13-9-10-14-26(24)29-22(3)30-27/h6-14,19H,15-18H2,1-5H3. The average Bonchev–Trinajstić information content (AvgIpc) is 3.14. The third kappa shape index (κ3) is 3.80. The molecule has 0 bridgehead atoms. The Kier molecular flexibility index (Phi) is 5.45. The lowest BCUT2D eigenvalue weighted by atomic mass is 9.90. The first-order valence-electron chi connectivity index (χ1n) is 11.8. The first-order chi connectivity index (χ1) is 15.9. The Labute approximate surface area is 196 Å². The van der Waals surface area contributed by atoms with Crippen LogP contribution in [0.1, 0.15) is 36.5 Å². The Bertz CT molecular complexity index is 1280. The van der Waals surface area contributed by atoms with Crippen molar-refractivity contribution in [2.24, 2.45) is 0 Å². The molecule has 1 aliphatic rings. The number of aryl methyl sites for hydroxylation is 1. The van der Waals surface area contributed by atoms with E-state index in [-0.39, 0.29) is 5.54 Å². The predicted molar refractivity (Wildman–Crippen MR) is 136 cm³/mol. The van der Waals surface area contributed by atoms with Gasteiger partial charge < -0.3 is 9.47 Å². The summed E-state index contributed by atoms with van der Waals surface area (Å²) in [6.45, 7) is 15.1. The number of anilines is 1. The van der Waals surface area contributed by atoms with Crippen molar-refractivity contribution in [1.82, 2.24) is 19.4 Å². The molecule has 1 saturated heterocycles. The van der Waals surface area contributed by atoms with E-state index in [0.29, 0.717) is 0 Å². The van der Waals surface area contributed by atoms with Gasteiger partial charge in [0.1, 0.15) is 11.6 Å². The van der Waals surface area contributed by atoms with Crippen LogP contribution in [0.5, 0.6) is 0 Å². The number of aromatic nitrogens is 3. The summed E-state index contributed by atoms with van der Waals surface area (Å²) in [6.07, 6.45) is 2.34. The molecule has 1 aliphatic heterocycles. The fourth-order valence-corrected chi connectivity index (χ4v) is 5.23.